The van der Waals surface area contributed by atoms with Crippen molar-refractivity contribution in [1.29, 1.82) is 0 Å². The van der Waals surface area contributed by atoms with Crippen molar-refractivity contribution in [2.24, 2.45) is 5.92 Å². The minimum Gasteiger partial charge on any atom is -0.501 e. The summed E-state index contributed by atoms with van der Waals surface area (Å²) in [6, 6.07) is 57.8. The first-order valence-electron chi connectivity index (χ1n) is 24.1. The minimum absolute atomic E-state index is 0. The second-order valence-corrected chi connectivity index (χ2v) is 30.8. The predicted molar refractivity (Wildman–Crippen MR) is 289 cm³/mol. The van der Waals surface area contributed by atoms with Gasteiger partial charge in [-0.3, -0.25) is 9.97 Å². The van der Waals surface area contributed by atoms with E-state index in [0.29, 0.717) is 5.92 Å². The molecule has 0 bridgehead atoms. The maximum Gasteiger partial charge on any atom is 0.121 e. The van der Waals surface area contributed by atoms with E-state index in [-0.39, 0.29) is 31.9 Å². The molecule has 0 saturated carbocycles. The fourth-order valence-corrected chi connectivity index (χ4v) is 13.1. The molecule has 7 heteroatoms. The van der Waals surface area contributed by atoms with Crippen LogP contribution in [0.3, 0.4) is 0 Å². The molecule has 0 N–H and O–H groups in total. The summed E-state index contributed by atoms with van der Waals surface area (Å²) < 4.78 is 10.7. The van der Waals surface area contributed by atoms with Crippen LogP contribution in [0.25, 0.3) is 94.1 Å². The zero-order valence-electron chi connectivity index (χ0n) is 41.0. The Kier molecular flexibility index (Phi) is 13.6. The molecule has 5 nitrogen and oxygen atoms in total. The number of pyridine rings is 2. The Morgan fingerprint density at radius 2 is 1.30 bits per heavy atom. The number of fused-ring (bicyclic) bond motifs is 7. The van der Waals surface area contributed by atoms with Crippen LogP contribution in [0.1, 0.15) is 70.1 Å². The molecule has 0 unspecified atom stereocenters. The molecule has 11 rings (SSSR count). The fraction of sp³-hybridized carbons (Fsp3) is 0.210. The Balaban J connectivity index is 0.000000238. The van der Waals surface area contributed by atoms with E-state index < -0.39 is 13.3 Å². The van der Waals surface area contributed by atoms with Crippen LogP contribution >= 0.6 is 0 Å². The average molecular weight is 1140 g/mol. The number of rotatable bonds is 9. The molecule has 0 saturated heterocycles. The Bertz CT molecular complexity index is 3590. The first-order valence-corrected chi connectivity index (χ1v) is 31.4. The first kappa shape index (κ1) is 47.9. The molecular weight excluding hydrogens is 1080 g/mol. The van der Waals surface area contributed by atoms with Gasteiger partial charge in [0.1, 0.15) is 5.58 Å². The van der Waals surface area contributed by atoms with Crippen molar-refractivity contribution in [3.8, 4) is 39.5 Å². The molecule has 4 heterocycles. The number of nitrogens with zero attached hydrogens (tertiary/aromatic N) is 4. The Morgan fingerprint density at radius 1 is 0.609 bits per heavy atom. The summed E-state index contributed by atoms with van der Waals surface area (Å²) in [4.78, 5) is 14.8. The van der Waals surface area contributed by atoms with E-state index in [1.54, 1.807) is 4.40 Å². The summed E-state index contributed by atoms with van der Waals surface area (Å²) in [6.07, 6.45) is 5.24. The van der Waals surface area contributed by atoms with Gasteiger partial charge in [0.15, 0.2) is 0 Å². The summed E-state index contributed by atoms with van der Waals surface area (Å²) in [5.41, 5.74) is 15.3. The molecule has 0 aliphatic carbocycles. The van der Waals surface area contributed by atoms with Gasteiger partial charge in [-0.15, -0.1) is 18.2 Å². The standard InChI is InChI=1S/C44H34N3O.C18H24GeN.Ir/c1-26(2)34-21-29(28-13-6-5-7-14-28)22-35(27(3)4)42(34)47-40-20-11-10-19-39(40)46-44(47)33-17-12-16-32-37-23-30-25-45-38-18-9-8-15-31(38)36(30)24-41(37)48-43(32)33;1-14(2)11-16-12-18(15-9-7-6-8-10-15)20-13-17(16)19(3,4)5;/h5-16,18-27H,1-4H3;6-9,12-14H,11H2,1-5H3;/q2*-1;. The summed E-state index contributed by atoms with van der Waals surface area (Å²) in [5.74, 6) is 9.37. The van der Waals surface area contributed by atoms with Gasteiger partial charge in [0, 0.05) is 48.1 Å². The maximum atomic E-state index is 6.81. The van der Waals surface area contributed by atoms with E-state index >= 15 is 0 Å². The molecule has 0 amide bonds. The van der Waals surface area contributed by atoms with E-state index in [1.165, 1.54) is 33.5 Å². The molecule has 69 heavy (non-hydrogen) atoms. The summed E-state index contributed by atoms with van der Waals surface area (Å²) in [7, 11) is 0. The summed E-state index contributed by atoms with van der Waals surface area (Å²) in [6.45, 7) is 13.7. The molecule has 7 aromatic carbocycles. The van der Waals surface area contributed by atoms with Gasteiger partial charge in [0.25, 0.3) is 0 Å². The Labute approximate surface area is 422 Å². The number of furan rings is 1. The molecule has 1 radical (unpaired) electrons. The van der Waals surface area contributed by atoms with Crippen molar-refractivity contribution < 1.29 is 24.5 Å². The third-order valence-corrected chi connectivity index (χ3v) is 17.4. The van der Waals surface area contributed by atoms with Crippen molar-refractivity contribution in [3.05, 3.63) is 187 Å². The van der Waals surface area contributed by atoms with Gasteiger partial charge < -0.3 is 8.98 Å². The zero-order valence-corrected chi connectivity index (χ0v) is 45.5. The first-order chi connectivity index (χ1) is 32.8. The van der Waals surface area contributed by atoms with Gasteiger partial charge in [-0.25, -0.2) is 0 Å². The maximum absolute atomic E-state index is 6.81. The van der Waals surface area contributed by atoms with Crippen molar-refractivity contribution >= 4 is 72.3 Å². The van der Waals surface area contributed by atoms with Crippen LogP contribution in [-0.2, 0) is 26.5 Å². The third kappa shape index (κ3) is 9.35. The predicted octanol–water partition coefficient (Wildman–Crippen LogP) is 16.3. The van der Waals surface area contributed by atoms with Gasteiger partial charge >= 0.3 is 126 Å². The molecule has 4 aromatic heterocycles. The number of hydrogen-bond donors (Lipinski definition) is 0. The minimum atomic E-state index is -1.86. The van der Waals surface area contributed by atoms with Crippen molar-refractivity contribution in [1.82, 2.24) is 19.5 Å². The molecule has 0 aliphatic rings. The summed E-state index contributed by atoms with van der Waals surface area (Å²) >= 11 is -1.86. The smallest absolute Gasteiger partial charge is 0.121 e. The third-order valence-electron chi connectivity index (χ3n) is 13.1. The number of para-hydroxylation sites is 3. The van der Waals surface area contributed by atoms with Gasteiger partial charge in [-0.05, 0) is 81.9 Å². The number of imidazole rings is 1. The van der Waals surface area contributed by atoms with Crippen LogP contribution in [-0.4, -0.2) is 32.8 Å². The molecule has 347 valence electrons. The quantitative estimate of drug-likeness (QED) is 0.0821. The van der Waals surface area contributed by atoms with Crippen LogP contribution in [0.4, 0.5) is 0 Å². The second kappa shape index (κ2) is 19.7. The molecular formula is C62H58GeIrN4O-2. The van der Waals surface area contributed by atoms with Crippen LogP contribution < -0.4 is 4.40 Å². The van der Waals surface area contributed by atoms with Gasteiger partial charge in [-0.2, -0.15) is 0 Å². The number of aromatic nitrogens is 4. The molecule has 0 fully saturated rings. The van der Waals surface area contributed by atoms with Crippen LogP contribution in [0.5, 0.6) is 0 Å². The van der Waals surface area contributed by atoms with Crippen molar-refractivity contribution in [3.63, 3.8) is 0 Å². The van der Waals surface area contributed by atoms with Crippen LogP contribution in [0.2, 0.25) is 17.3 Å². The molecule has 11 aromatic rings. The number of hydrogen-bond acceptors (Lipinski definition) is 4. The van der Waals surface area contributed by atoms with E-state index in [2.05, 4.69) is 197 Å². The average Bonchev–Trinajstić information content (AvgIpc) is 3.91. The van der Waals surface area contributed by atoms with Crippen molar-refractivity contribution in [2.45, 2.75) is 77.1 Å². The Hall–Kier alpha value is -6.18. The molecule has 0 atom stereocenters. The van der Waals surface area contributed by atoms with Gasteiger partial charge in [0.05, 0.1) is 28.0 Å². The van der Waals surface area contributed by atoms with Crippen LogP contribution in [0.15, 0.2) is 162 Å². The monoisotopic (exact) mass is 1140 g/mol. The SMILES string of the molecule is CC(C)Cc1cc(-c2[c-]cccc2)nc[c]1[Ge]([CH3])([CH3])[CH3].CC(C)c1cc(-c2ccccc2)cc(C(C)C)c1-n1c(-c2[c-]ccc3c2oc2cc4c(cnc5ccccc54)cc23)nc2ccccc21.[Ir]. The van der Waals surface area contributed by atoms with E-state index in [9.17, 15) is 0 Å². The summed E-state index contributed by atoms with van der Waals surface area (Å²) in [5, 5.41) is 5.44. The van der Waals surface area contributed by atoms with Gasteiger partial charge in [-0.1, -0.05) is 99.3 Å². The number of benzene rings is 7. The van der Waals surface area contributed by atoms with Gasteiger partial charge in [0.2, 0.25) is 0 Å². The molecule has 0 spiro atoms. The van der Waals surface area contributed by atoms with Crippen LogP contribution in [0, 0.1) is 18.1 Å². The van der Waals surface area contributed by atoms with E-state index in [1.807, 2.05) is 36.5 Å². The largest absolute Gasteiger partial charge is 0.501 e. The Morgan fingerprint density at radius 3 is 2.00 bits per heavy atom. The fourth-order valence-electron chi connectivity index (χ4n) is 9.78. The van der Waals surface area contributed by atoms with E-state index in [0.717, 1.165) is 83.7 Å². The topological polar surface area (TPSA) is 56.7 Å². The second-order valence-electron chi connectivity index (χ2n) is 20.2. The van der Waals surface area contributed by atoms with E-state index in [4.69, 9.17) is 19.4 Å². The molecule has 0 aliphatic heterocycles. The zero-order chi connectivity index (χ0) is 47.3. The van der Waals surface area contributed by atoms with Crippen molar-refractivity contribution in [2.75, 3.05) is 0 Å². The normalized spacial score (nSPS) is 11.9.